The van der Waals surface area contributed by atoms with Crippen molar-refractivity contribution in [3.63, 3.8) is 0 Å². The number of hydrogen-bond donors (Lipinski definition) is 1. The Morgan fingerprint density at radius 1 is 1.54 bits per heavy atom. The van der Waals surface area contributed by atoms with E-state index in [1.165, 1.54) is 26.8 Å². The second kappa shape index (κ2) is 4.41. The summed E-state index contributed by atoms with van der Waals surface area (Å²) in [6.07, 6.45) is 1.25. The van der Waals surface area contributed by atoms with Gasteiger partial charge in [-0.2, -0.15) is 0 Å². The summed E-state index contributed by atoms with van der Waals surface area (Å²) in [7, 11) is -3.17. The maximum atomic E-state index is 11.2. The first-order valence-corrected chi connectivity index (χ1v) is 5.66. The maximum absolute atomic E-state index is 11.2. The molecule has 0 aliphatic heterocycles. The van der Waals surface area contributed by atoms with E-state index < -0.39 is 21.1 Å². The summed E-state index contributed by atoms with van der Waals surface area (Å²) < 4.78 is 22.4. The summed E-state index contributed by atoms with van der Waals surface area (Å²) in [4.78, 5) is 10.4. The van der Waals surface area contributed by atoms with Crippen LogP contribution in [0.5, 0.6) is 0 Å². The fourth-order valence-corrected chi connectivity index (χ4v) is 1.73. The molecule has 1 N–H and O–H groups in total. The molecule has 1 unspecified atom stereocenters. The van der Waals surface area contributed by atoms with Crippen molar-refractivity contribution in [2.75, 3.05) is 5.75 Å². The first-order valence-electron chi connectivity index (χ1n) is 3.94. The number of aliphatic carboxylic acids is 1. The average molecular weight is 206 g/mol. The van der Waals surface area contributed by atoms with Gasteiger partial charge in [-0.05, 0) is 13.8 Å². The van der Waals surface area contributed by atoms with Crippen molar-refractivity contribution in [2.24, 2.45) is 0 Å². The van der Waals surface area contributed by atoms with Crippen LogP contribution in [0.15, 0.2) is 11.6 Å². The molecule has 0 rings (SSSR count). The zero-order valence-electron chi connectivity index (χ0n) is 7.94. The Kier molecular flexibility index (Phi) is 4.13. The van der Waals surface area contributed by atoms with Gasteiger partial charge in [0.25, 0.3) is 0 Å². The molecule has 0 aromatic carbocycles. The van der Waals surface area contributed by atoms with Gasteiger partial charge in [-0.25, -0.2) is 13.2 Å². The zero-order valence-corrected chi connectivity index (χ0v) is 8.76. The van der Waals surface area contributed by atoms with E-state index in [0.717, 1.165) is 0 Å². The van der Waals surface area contributed by atoms with Crippen molar-refractivity contribution < 1.29 is 18.3 Å². The van der Waals surface area contributed by atoms with Gasteiger partial charge in [0.2, 0.25) is 0 Å². The number of rotatable bonds is 4. The lowest BCUT2D eigenvalue weighted by Gasteiger charge is -2.06. The molecule has 0 spiro atoms. The highest BCUT2D eigenvalue weighted by Gasteiger charge is 2.17. The third-order valence-corrected chi connectivity index (χ3v) is 3.86. The molecule has 0 fully saturated rings. The van der Waals surface area contributed by atoms with Gasteiger partial charge in [0, 0.05) is 11.3 Å². The molecule has 0 aromatic rings. The Balaban J connectivity index is 4.75. The quantitative estimate of drug-likeness (QED) is 0.692. The molecule has 4 nitrogen and oxygen atoms in total. The SMILES string of the molecule is CCS(=O)(=O)C(C)C=C(C)C(=O)O. The zero-order chi connectivity index (χ0) is 10.6. The molecule has 0 aliphatic rings. The Bertz CT molecular complexity index is 313. The van der Waals surface area contributed by atoms with Gasteiger partial charge in [0.15, 0.2) is 9.84 Å². The number of hydrogen-bond acceptors (Lipinski definition) is 3. The molecule has 13 heavy (non-hydrogen) atoms. The van der Waals surface area contributed by atoms with Crippen molar-refractivity contribution in [1.82, 2.24) is 0 Å². The summed E-state index contributed by atoms with van der Waals surface area (Å²) in [6, 6.07) is 0. The molecule has 0 amide bonds. The summed E-state index contributed by atoms with van der Waals surface area (Å²) in [5, 5.41) is 7.78. The van der Waals surface area contributed by atoms with Gasteiger partial charge in [0.1, 0.15) is 0 Å². The standard InChI is InChI=1S/C8H14O4S/c1-4-13(11,12)7(3)5-6(2)8(9)10/h5,7H,4H2,1-3H3,(H,9,10). The second-order valence-corrected chi connectivity index (χ2v) is 5.46. The van der Waals surface area contributed by atoms with Gasteiger partial charge < -0.3 is 5.11 Å². The van der Waals surface area contributed by atoms with Crippen molar-refractivity contribution >= 4 is 15.8 Å². The summed E-state index contributed by atoms with van der Waals surface area (Å²) in [5.41, 5.74) is 0.0597. The van der Waals surface area contributed by atoms with Crippen LogP contribution < -0.4 is 0 Å². The van der Waals surface area contributed by atoms with E-state index >= 15 is 0 Å². The molecule has 5 heteroatoms. The number of carbonyl (C=O) groups is 1. The van der Waals surface area contributed by atoms with Crippen LogP contribution in [-0.4, -0.2) is 30.5 Å². The van der Waals surface area contributed by atoms with Crippen molar-refractivity contribution in [2.45, 2.75) is 26.0 Å². The van der Waals surface area contributed by atoms with Gasteiger partial charge in [-0.3, -0.25) is 0 Å². The molecule has 0 radical (unpaired) electrons. The fraction of sp³-hybridized carbons (Fsp3) is 0.625. The lowest BCUT2D eigenvalue weighted by atomic mass is 10.2. The molecular formula is C8H14O4S. The van der Waals surface area contributed by atoms with Crippen LogP contribution in [0.2, 0.25) is 0 Å². The van der Waals surface area contributed by atoms with E-state index in [-0.39, 0.29) is 11.3 Å². The molecule has 0 aliphatic carbocycles. The number of carboxylic acid groups (broad SMARTS) is 1. The fourth-order valence-electron chi connectivity index (χ4n) is 0.790. The van der Waals surface area contributed by atoms with Gasteiger partial charge in [0.05, 0.1) is 5.25 Å². The highest BCUT2D eigenvalue weighted by molar-refractivity contribution is 7.92. The van der Waals surface area contributed by atoms with Crippen LogP contribution in [0.3, 0.4) is 0 Å². The predicted molar refractivity (Wildman–Crippen MR) is 50.3 cm³/mol. The van der Waals surface area contributed by atoms with Crippen molar-refractivity contribution in [3.8, 4) is 0 Å². The minimum absolute atomic E-state index is 0.0254. The van der Waals surface area contributed by atoms with E-state index in [1.807, 2.05) is 0 Å². The minimum atomic E-state index is -3.17. The number of carboxylic acids is 1. The highest BCUT2D eigenvalue weighted by Crippen LogP contribution is 2.06. The molecule has 1 atom stereocenters. The van der Waals surface area contributed by atoms with E-state index in [1.54, 1.807) is 0 Å². The van der Waals surface area contributed by atoms with Crippen LogP contribution in [0.25, 0.3) is 0 Å². The molecule has 0 saturated heterocycles. The summed E-state index contributed by atoms with van der Waals surface area (Å²) in [5.74, 6) is -1.06. The normalized spacial score (nSPS) is 15.5. The van der Waals surface area contributed by atoms with Crippen LogP contribution >= 0.6 is 0 Å². The molecule has 0 aromatic heterocycles. The van der Waals surface area contributed by atoms with Crippen LogP contribution in [-0.2, 0) is 14.6 Å². The third-order valence-electron chi connectivity index (χ3n) is 1.79. The monoisotopic (exact) mass is 206 g/mol. The van der Waals surface area contributed by atoms with E-state index in [9.17, 15) is 13.2 Å². The molecule has 76 valence electrons. The smallest absolute Gasteiger partial charge is 0.330 e. The van der Waals surface area contributed by atoms with E-state index in [0.29, 0.717) is 0 Å². The Hall–Kier alpha value is -0.840. The van der Waals surface area contributed by atoms with Gasteiger partial charge in [-0.15, -0.1) is 0 Å². The topological polar surface area (TPSA) is 71.4 Å². The molecule has 0 heterocycles. The lowest BCUT2D eigenvalue weighted by Crippen LogP contribution is -2.18. The van der Waals surface area contributed by atoms with Crippen molar-refractivity contribution in [3.05, 3.63) is 11.6 Å². The van der Waals surface area contributed by atoms with Crippen LogP contribution in [0.4, 0.5) is 0 Å². The second-order valence-electron chi connectivity index (χ2n) is 2.81. The highest BCUT2D eigenvalue weighted by atomic mass is 32.2. The van der Waals surface area contributed by atoms with Gasteiger partial charge in [-0.1, -0.05) is 13.0 Å². The minimum Gasteiger partial charge on any atom is -0.478 e. The van der Waals surface area contributed by atoms with E-state index in [4.69, 9.17) is 5.11 Å². The summed E-state index contributed by atoms with van der Waals surface area (Å²) >= 11 is 0. The van der Waals surface area contributed by atoms with Crippen LogP contribution in [0.1, 0.15) is 20.8 Å². The largest absolute Gasteiger partial charge is 0.478 e. The Labute approximate surface area is 78.2 Å². The molecule has 0 saturated carbocycles. The summed E-state index contributed by atoms with van der Waals surface area (Å²) in [6.45, 7) is 4.39. The average Bonchev–Trinajstić information content (AvgIpc) is 2.04. The first kappa shape index (κ1) is 12.2. The molecule has 0 bridgehead atoms. The Morgan fingerprint density at radius 3 is 2.31 bits per heavy atom. The lowest BCUT2D eigenvalue weighted by molar-refractivity contribution is -0.132. The third kappa shape index (κ3) is 3.59. The van der Waals surface area contributed by atoms with Gasteiger partial charge >= 0.3 is 5.97 Å². The van der Waals surface area contributed by atoms with E-state index in [2.05, 4.69) is 0 Å². The van der Waals surface area contributed by atoms with Crippen molar-refractivity contribution in [1.29, 1.82) is 0 Å². The first-order chi connectivity index (χ1) is 5.81. The predicted octanol–water partition coefficient (Wildman–Crippen LogP) is 0.841. The Morgan fingerprint density at radius 2 is 2.00 bits per heavy atom. The number of sulfone groups is 1. The maximum Gasteiger partial charge on any atom is 0.330 e. The molecular weight excluding hydrogens is 192 g/mol. The van der Waals surface area contributed by atoms with Crippen LogP contribution in [0, 0.1) is 0 Å².